The number of ether oxygens (including phenoxy) is 2. The summed E-state index contributed by atoms with van der Waals surface area (Å²) in [6, 6.07) is 0. The second-order valence-corrected chi connectivity index (χ2v) is 5.21. The molecule has 7 heteroatoms. The molecule has 108 valence electrons. The number of methoxy groups -OCH3 is 1. The molecule has 20 heavy (non-hydrogen) atoms. The molecule has 0 bridgehead atoms. The van der Waals surface area contributed by atoms with Gasteiger partial charge in [0.15, 0.2) is 5.69 Å². The Morgan fingerprint density at radius 2 is 2.30 bits per heavy atom. The van der Waals surface area contributed by atoms with E-state index in [1.54, 1.807) is 17.5 Å². The molecule has 0 aliphatic rings. The summed E-state index contributed by atoms with van der Waals surface area (Å²) in [7, 11) is 1.34. The SMILES string of the molecule is CCOCCc1sc(-c2cn[nH]c2C(=O)OC)nc1C. The molecule has 0 atom stereocenters. The summed E-state index contributed by atoms with van der Waals surface area (Å²) in [6.45, 7) is 5.31. The summed E-state index contributed by atoms with van der Waals surface area (Å²) in [5.74, 6) is -0.443. The zero-order chi connectivity index (χ0) is 14.5. The van der Waals surface area contributed by atoms with Gasteiger partial charge in [0.1, 0.15) is 5.01 Å². The summed E-state index contributed by atoms with van der Waals surface area (Å²) >= 11 is 1.55. The number of aromatic nitrogens is 3. The number of thiazole rings is 1. The van der Waals surface area contributed by atoms with Crippen LogP contribution in [-0.2, 0) is 15.9 Å². The van der Waals surface area contributed by atoms with E-state index in [1.165, 1.54) is 7.11 Å². The normalized spacial score (nSPS) is 10.8. The molecule has 2 rings (SSSR count). The summed E-state index contributed by atoms with van der Waals surface area (Å²) in [6.07, 6.45) is 2.42. The molecule has 0 fully saturated rings. The van der Waals surface area contributed by atoms with Crippen molar-refractivity contribution >= 4 is 17.3 Å². The molecule has 0 radical (unpaired) electrons. The van der Waals surface area contributed by atoms with Crippen molar-refractivity contribution in [2.75, 3.05) is 20.3 Å². The Labute approximate surface area is 121 Å². The minimum absolute atomic E-state index is 0.331. The maximum absolute atomic E-state index is 11.6. The lowest BCUT2D eigenvalue weighted by atomic mass is 10.2. The highest BCUT2D eigenvalue weighted by molar-refractivity contribution is 7.15. The third-order valence-electron chi connectivity index (χ3n) is 2.83. The first kappa shape index (κ1) is 14.7. The van der Waals surface area contributed by atoms with Gasteiger partial charge in [-0.05, 0) is 13.8 Å². The number of aromatic amines is 1. The van der Waals surface area contributed by atoms with Gasteiger partial charge in [-0.3, -0.25) is 5.10 Å². The quantitative estimate of drug-likeness (QED) is 0.653. The maximum Gasteiger partial charge on any atom is 0.356 e. The zero-order valence-corrected chi connectivity index (χ0v) is 12.5. The molecule has 2 aromatic rings. The lowest BCUT2D eigenvalue weighted by molar-refractivity contribution is 0.0595. The zero-order valence-electron chi connectivity index (χ0n) is 11.7. The highest BCUT2D eigenvalue weighted by Crippen LogP contribution is 2.30. The van der Waals surface area contributed by atoms with Gasteiger partial charge < -0.3 is 9.47 Å². The smallest absolute Gasteiger partial charge is 0.356 e. The minimum atomic E-state index is -0.443. The number of hydrogen-bond donors (Lipinski definition) is 1. The van der Waals surface area contributed by atoms with E-state index in [9.17, 15) is 4.79 Å². The van der Waals surface area contributed by atoms with E-state index in [4.69, 9.17) is 9.47 Å². The van der Waals surface area contributed by atoms with Crippen molar-refractivity contribution in [1.29, 1.82) is 0 Å². The summed E-state index contributed by atoms with van der Waals surface area (Å²) in [5.41, 5.74) is 1.96. The summed E-state index contributed by atoms with van der Waals surface area (Å²) in [4.78, 5) is 17.3. The number of nitrogens with one attached hydrogen (secondary N) is 1. The third-order valence-corrected chi connectivity index (χ3v) is 4.08. The van der Waals surface area contributed by atoms with Crippen molar-refractivity contribution in [3.8, 4) is 10.6 Å². The number of H-pyrrole nitrogens is 1. The van der Waals surface area contributed by atoms with Crippen molar-refractivity contribution in [2.45, 2.75) is 20.3 Å². The number of rotatable bonds is 6. The number of hydrogen-bond acceptors (Lipinski definition) is 6. The second kappa shape index (κ2) is 6.62. The van der Waals surface area contributed by atoms with Gasteiger partial charge in [-0.25, -0.2) is 9.78 Å². The van der Waals surface area contributed by atoms with Crippen LogP contribution in [0.3, 0.4) is 0 Å². The molecule has 0 unspecified atom stereocenters. The molecule has 0 saturated carbocycles. The predicted octanol–water partition coefficient (Wildman–Crippen LogP) is 2.21. The molecule has 0 saturated heterocycles. The molecular formula is C13H17N3O3S. The Morgan fingerprint density at radius 3 is 3.00 bits per heavy atom. The van der Waals surface area contributed by atoms with Crippen molar-refractivity contribution in [3.05, 3.63) is 22.5 Å². The molecule has 2 heterocycles. The van der Waals surface area contributed by atoms with Crippen molar-refractivity contribution in [2.24, 2.45) is 0 Å². The van der Waals surface area contributed by atoms with Gasteiger partial charge in [-0.15, -0.1) is 11.3 Å². The fraction of sp³-hybridized carbons (Fsp3) is 0.462. The van der Waals surface area contributed by atoms with Crippen LogP contribution in [0.2, 0.25) is 0 Å². The predicted molar refractivity (Wildman–Crippen MR) is 76.0 cm³/mol. The van der Waals surface area contributed by atoms with Crippen LogP contribution in [0.25, 0.3) is 10.6 Å². The minimum Gasteiger partial charge on any atom is -0.464 e. The molecule has 2 aromatic heterocycles. The third kappa shape index (κ3) is 3.05. The molecule has 6 nitrogen and oxygen atoms in total. The fourth-order valence-electron chi connectivity index (χ4n) is 1.79. The standard InChI is InChI=1S/C13H17N3O3S/c1-4-19-6-5-10-8(2)15-12(20-10)9-7-14-16-11(9)13(17)18-3/h7H,4-6H2,1-3H3,(H,14,16). The van der Waals surface area contributed by atoms with Crippen LogP contribution in [0.5, 0.6) is 0 Å². The molecule has 0 spiro atoms. The second-order valence-electron chi connectivity index (χ2n) is 4.12. The molecule has 0 aromatic carbocycles. The van der Waals surface area contributed by atoms with Crippen molar-refractivity contribution < 1.29 is 14.3 Å². The van der Waals surface area contributed by atoms with Gasteiger partial charge in [0.25, 0.3) is 0 Å². The molecule has 0 amide bonds. The van der Waals surface area contributed by atoms with Gasteiger partial charge in [-0.2, -0.15) is 5.10 Å². The van der Waals surface area contributed by atoms with E-state index in [0.29, 0.717) is 24.5 Å². The van der Waals surface area contributed by atoms with Crippen LogP contribution in [0, 0.1) is 6.92 Å². The van der Waals surface area contributed by atoms with Crippen LogP contribution in [0.1, 0.15) is 28.0 Å². The summed E-state index contributed by atoms with van der Waals surface area (Å²) in [5, 5.41) is 7.32. The number of carbonyl (C=O) groups excluding carboxylic acids is 1. The Hall–Kier alpha value is -1.73. The van der Waals surface area contributed by atoms with E-state index >= 15 is 0 Å². The molecule has 1 N–H and O–H groups in total. The number of aryl methyl sites for hydroxylation is 1. The van der Waals surface area contributed by atoms with E-state index in [2.05, 4.69) is 15.2 Å². The van der Waals surface area contributed by atoms with Crippen LogP contribution < -0.4 is 0 Å². The maximum atomic E-state index is 11.6. The Kier molecular flexibility index (Phi) is 4.86. The average Bonchev–Trinajstić information content (AvgIpc) is 3.05. The largest absolute Gasteiger partial charge is 0.464 e. The fourth-order valence-corrected chi connectivity index (χ4v) is 2.85. The number of nitrogens with zero attached hydrogens (tertiary/aromatic N) is 2. The highest BCUT2D eigenvalue weighted by atomic mass is 32.1. The van der Waals surface area contributed by atoms with Crippen molar-refractivity contribution in [1.82, 2.24) is 15.2 Å². The topological polar surface area (TPSA) is 77.1 Å². The average molecular weight is 295 g/mol. The van der Waals surface area contributed by atoms with Gasteiger partial charge in [0.2, 0.25) is 0 Å². The highest BCUT2D eigenvalue weighted by Gasteiger charge is 2.19. The first-order valence-electron chi connectivity index (χ1n) is 6.33. The van der Waals surface area contributed by atoms with Gasteiger partial charge in [-0.1, -0.05) is 0 Å². The lowest BCUT2D eigenvalue weighted by Crippen LogP contribution is -2.03. The van der Waals surface area contributed by atoms with E-state index < -0.39 is 5.97 Å². The van der Waals surface area contributed by atoms with Crippen LogP contribution in [0.15, 0.2) is 6.20 Å². The Bertz CT molecular complexity index is 591. The van der Waals surface area contributed by atoms with Crippen LogP contribution in [0.4, 0.5) is 0 Å². The van der Waals surface area contributed by atoms with E-state index in [1.807, 2.05) is 13.8 Å². The number of carbonyl (C=O) groups is 1. The van der Waals surface area contributed by atoms with Crippen LogP contribution in [-0.4, -0.2) is 41.5 Å². The first-order valence-corrected chi connectivity index (χ1v) is 7.15. The molecular weight excluding hydrogens is 278 g/mol. The van der Waals surface area contributed by atoms with Crippen LogP contribution >= 0.6 is 11.3 Å². The Morgan fingerprint density at radius 1 is 1.50 bits per heavy atom. The Balaban J connectivity index is 2.23. The number of esters is 1. The van der Waals surface area contributed by atoms with E-state index in [-0.39, 0.29) is 0 Å². The van der Waals surface area contributed by atoms with E-state index in [0.717, 1.165) is 22.0 Å². The van der Waals surface area contributed by atoms with Gasteiger partial charge in [0.05, 0.1) is 31.2 Å². The van der Waals surface area contributed by atoms with Gasteiger partial charge >= 0.3 is 5.97 Å². The van der Waals surface area contributed by atoms with Crippen molar-refractivity contribution in [3.63, 3.8) is 0 Å². The molecule has 0 aliphatic carbocycles. The molecule has 0 aliphatic heterocycles. The lowest BCUT2D eigenvalue weighted by Gasteiger charge is -1.98. The monoisotopic (exact) mass is 295 g/mol. The van der Waals surface area contributed by atoms with Gasteiger partial charge in [0, 0.05) is 17.9 Å². The first-order chi connectivity index (χ1) is 9.67. The summed E-state index contributed by atoms with van der Waals surface area (Å²) < 4.78 is 10.1.